The third kappa shape index (κ3) is 6.46. The van der Waals surface area contributed by atoms with Crippen molar-refractivity contribution in [1.82, 2.24) is 4.90 Å². The molecule has 7 heteroatoms. The van der Waals surface area contributed by atoms with Crippen molar-refractivity contribution in [3.8, 4) is 5.75 Å². The lowest BCUT2D eigenvalue weighted by atomic mass is 10.2. The van der Waals surface area contributed by atoms with Gasteiger partial charge in [-0.1, -0.05) is 25.0 Å². The van der Waals surface area contributed by atoms with Crippen LogP contribution in [0.25, 0.3) is 0 Å². The van der Waals surface area contributed by atoms with Crippen molar-refractivity contribution < 1.29 is 14.6 Å². The van der Waals surface area contributed by atoms with Gasteiger partial charge in [0.1, 0.15) is 5.75 Å². The maximum absolute atomic E-state index is 10.2. The number of hydrogen-bond acceptors (Lipinski definition) is 5. The van der Waals surface area contributed by atoms with Crippen molar-refractivity contribution in [3.05, 3.63) is 24.3 Å². The van der Waals surface area contributed by atoms with Crippen LogP contribution in [0.2, 0.25) is 0 Å². The van der Waals surface area contributed by atoms with E-state index >= 15 is 0 Å². The average molecular weight is 407 g/mol. The van der Waals surface area contributed by atoms with E-state index in [4.69, 9.17) is 9.47 Å². The number of ether oxygens (including phenoxy) is 2. The summed E-state index contributed by atoms with van der Waals surface area (Å²) in [5, 5.41) is 10.2. The molecule has 1 N–H and O–H groups in total. The maximum Gasteiger partial charge on any atom is 0.142 e. The predicted octanol–water partition coefficient (Wildman–Crippen LogP) is 2.98. The highest BCUT2D eigenvalue weighted by Gasteiger charge is 2.22. The summed E-state index contributed by atoms with van der Waals surface area (Å²) >= 11 is 0. The highest BCUT2D eigenvalue weighted by molar-refractivity contribution is 5.85. The Balaban J connectivity index is 0.00000169. The fourth-order valence-electron chi connectivity index (χ4n) is 3.72. The minimum Gasteiger partial charge on any atom is -0.495 e. The lowest BCUT2D eigenvalue weighted by Gasteiger charge is -2.37. The molecule has 0 bridgehead atoms. The molecule has 1 atom stereocenters. The fourth-order valence-corrected chi connectivity index (χ4v) is 3.72. The van der Waals surface area contributed by atoms with Crippen molar-refractivity contribution in [2.24, 2.45) is 0 Å². The van der Waals surface area contributed by atoms with E-state index in [1.807, 2.05) is 18.2 Å². The van der Waals surface area contributed by atoms with Gasteiger partial charge >= 0.3 is 0 Å². The largest absolute Gasteiger partial charge is 0.495 e. The van der Waals surface area contributed by atoms with E-state index in [-0.39, 0.29) is 30.9 Å². The summed E-state index contributed by atoms with van der Waals surface area (Å²) < 4.78 is 11.3. The number of aliphatic hydroxyl groups excluding tert-OH is 1. The number of anilines is 1. The summed E-state index contributed by atoms with van der Waals surface area (Å²) in [5.74, 6) is 0.927. The molecule has 1 aromatic rings. The molecule has 3 rings (SSSR count). The van der Waals surface area contributed by atoms with Crippen LogP contribution in [0.5, 0.6) is 5.75 Å². The first-order chi connectivity index (χ1) is 11.8. The Bertz CT molecular complexity index is 507. The van der Waals surface area contributed by atoms with E-state index in [9.17, 15) is 5.11 Å². The van der Waals surface area contributed by atoms with Gasteiger partial charge in [-0.2, -0.15) is 0 Å². The van der Waals surface area contributed by atoms with E-state index in [1.165, 1.54) is 12.8 Å². The minimum absolute atomic E-state index is 0. The van der Waals surface area contributed by atoms with Crippen LogP contribution in [0.3, 0.4) is 0 Å². The highest BCUT2D eigenvalue weighted by Crippen LogP contribution is 2.28. The van der Waals surface area contributed by atoms with E-state index < -0.39 is 0 Å². The number of rotatable bonds is 7. The second-order valence-electron chi connectivity index (χ2n) is 6.85. The molecule has 1 aliphatic heterocycles. The van der Waals surface area contributed by atoms with Crippen LogP contribution in [-0.2, 0) is 4.74 Å². The molecule has 2 fully saturated rings. The molecule has 1 saturated heterocycles. The molecule has 0 amide bonds. The van der Waals surface area contributed by atoms with Gasteiger partial charge in [-0.3, -0.25) is 4.90 Å². The van der Waals surface area contributed by atoms with Gasteiger partial charge in [0.15, 0.2) is 0 Å². The van der Waals surface area contributed by atoms with Gasteiger partial charge < -0.3 is 19.5 Å². The monoisotopic (exact) mass is 406 g/mol. The number of aliphatic hydroxyl groups is 1. The standard InChI is InChI=1S/C19H30N2O3.2ClH/c1-23-19-9-5-4-8-18(19)21-12-10-20(11-13-21)14-16(22)15-24-17-6-2-3-7-17;;/h4-5,8-9,16-17,22H,2-3,6-7,10-15H2,1H3;2*1H. The summed E-state index contributed by atoms with van der Waals surface area (Å²) in [7, 11) is 1.72. The number of methoxy groups -OCH3 is 1. The van der Waals surface area contributed by atoms with Gasteiger partial charge in [-0.05, 0) is 25.0 Å². The first-order valence-electron chi connectivity index (χ1n) is 9.16. The molecule has 1 saturated carbocycles. The van der Waals surface area contributed by atoms with E-state index in [0.717, 1.165) is 50.5 Å². The fraction of sp³-hybridized carbons (Fsp3) is 0.684. The van der Waals surface area contributed by atoms with Gasteiger partial charge in [-0.15, -0.1) is 24.8 Å². The molecule has 5 nitrogen and oxygen atoms in total. The number of halogens is 2. The summed E-state index contributed by atoms with van der Waals surface area (Å²) in [6.07, 6.45) is 4.84. The van der Waals surface area contributed by atoms with Crippen LogP contribution >= 0.6 is 24.8 Å². The van der Waals surface area contributed by atoms with Gasteiger partial charge in [0, 0.05) is 32.7 Å². The zero-order valence-corrected chi connectivity index (χ0v) is 17.1. The maximum atomic E-state index is 10.2. The van der Waals surface area contributed by atoms with Crippen LogP contribution in [0, 0.1) is 0 Å². The predicted molar refractivity (Wildman–Crippen MR) is 110 cm³/mol. The van der Waals surface area contributed by atoms with Crippen LogP contribution in [0.15, 0.2) is 24.3 Å². The molecule has 0 radical (unpaired) electrons. The first kappa shape index (κ1) is 23.3. The second-order valence-corrected chi connectivity index (χ2v) is 6.85. The van der Waals surface area contributed by atoms with Crippen molar-refractivity contribution in [3.63, 3.8) is 0 Å². The van der Waals surface area contributed by atoms with E-state index in [1.54, 1.807) is 7.11 Å². The summed E-state index contributed by atoms with van der Waals surface area (Å²) in [4.78, 5) is 4.69. The van der Waals surface area contributed by atoms with Crippen LogP contribution in [0.1, 0.15) is 25.7 Å². The van der Waals surface area contributed by atoms with Gasteiger partial charge in [0.05, 0.1) is 31.6 Å². The Morgan fingerprint density at radius 3 is 2.38 bits per heavy atom. The Hall–Kier alpha value is -0.720. The van der Waals surface area contributed by atoms with Crippen molar-refractivity contribution >= 4 is 30.5 Å². The van der Waals surface area contributed by atoms with Crippen LogP contribution < -0.4 is 9.64 Å². The van der Waals surface area contributed by atoms with Crippen LogP contribution in [-0.4, -0.2) is 68.7 Å². The average Bonchev–Trinajstić information content (AvgIpc) is 3.14. The smallest absolute Gasteiger partial charge is 0.142 e. The van der Waals surface area contributed by atoms with Gasteiger partial charge in [0.25, 0.3) is 0 Å². The number of β-amino-alcohol motifs (C(OH)–C–C–N with tert-alkyl or cyclic N) is 1. The van der Waals surface area contributed by atoms with E-state index in [2.05, 4.69) is 15.9 Å². The molecule has 1 aromatic carbocycles. The van der Waals surface area contributed by atoms with E-state index in [0.29, 0.717) is 19.3 Å². The normalized spacial score (nSPS) is 19.5. The van der Waals surface area contributed by atoms with Crippen molar-refractivity contribution in [1.29, 1.82) is 0 Å². The molecule has 0 spiro atoms. The second kappa shape index (κ2) is 11.9. The summed E-state index contributed by atoms with van der Waals surface area (Å²) in [6.45, 7) is 4.99. The summed E-state index contributed by atoms with van der Waals surface area (Å²) in [5.41, 5.74) is 1.16. The Morgan fingerprint density at radius 2 is 1.73 bits per heavy atom. The van der Waals surface area contributed by atoms with Crippen LogP contribution in [0.4, 0.5) is 5.69 Å². The number of nitrogens with zero attached hydrogens (tertiary/aromatic N) is 2. The number of hydrogen-bond donors (Lipinski definition) is 1. The lowest BCUT2D eigenvalue weighted by Crippen LogP contribution is -2.49. The molecule has 1 unspecified atom stereocenters. The molecule has 150 valence electrons. The summed E-state index contributed by atoms with van der Waals surface area (Å²) in [6, 6.07) is 8.16. The van der Waals surface area contributed by atoms with Gasteiger partial charge in [-0.25, -0.2) is 0 Å². The molecular formula is C19H32Cl2N2O3. The third-order valence-corrected chi connectivity index (χ3v) is 5.09. The number of piperazine rings is 1. The first-order valence-corrected chi connectivity index (χ1v) is 9.16. The zero-order valence-electron chi connectivity index (χ0n) is 15.5. The Labute approximate surface area is 169 Å². The quantitative estimate of drug-likeness (QED) is 0.753. The number of para-hydroxylation sites is 2. The Kier molecular flexibility index (Phi) is 10.7. The molecule has 0 aromatic heterocycles. The third-order valence-electron chi connectivity index (χ3n) is 5.09. The number of benzene rings is 1. The Morgan fingerprint density at radius 1 is 1.08 bits per heavy atom. The van der Waals surface area contributed by atoms with Gasteiger partial charge in [0.2, 0.25) is 0 Å². The van der Waals surface area contributed by atoms with Crippen molar-refractivity contribution in [2.75, 3.05) is 51.3 Å². The SMILES string of the molecule is COc1ccccc1N1CCN(CC(O)COC2CCCC2)CC1.Cl.Cl. The molecule has 26 heavy (non-hydrogen) atoms. The molecule has 1 heterocycles. The molecule has 1 aliphatic carbocycles. The minimum atomic E-state index is -0.386. The molecule has 2 aliphatic rings. The topological polar surface area (TPSA) is 45.2 Å². The zero-order chi connectivity index (χ0) is 16.8. The van der Waals surface area contributed by atoms with Crippen molar-refractivity contribution in [2.45, 2.75) is 37.9 Å². The lowest BCUT2D eigenvalue weighted by molar-refractivity contribution is -0.0188. The molecular weight excluding hydrogens is 375 g/mol. The highest BCUT2D eigenvalue weighted by atomic mass is 35.5.